The number of nitrogens with zero attached hydrogens (tertiary/aromatic N) is 1. The maximum absolute atomic E-state index is 5.57. The predicted molar refractivity (Wildman–Crippen MR) is 78.5 cm³/mol. The fraction of sp³-hybridized carbons (Fsp3) is 1.00. The molecule has 0 radical (unpaired) electrons. The second-order valence-corrected chi connectivity index (χ2v) is 5.62. The van der Waals surface area contributed by atoms with Crippen LogP contribution in [0.25, 0.3) is 0 Å². The second-order valence-electron chi connectivity index (χ2n) is 5.62. The van der Waals surface area contributed by atoms with E-state index in [-0.39, 0.29) is 12.4 Å². The number of hydrogen-bond acceptors (Lipinski definition) is 3. The summed E-state index contributed by atoms with van der Waals surface area (Å²) >= 11 is 0. The van der Waals surface area contributed by atoms with Crippen LogP contribution < -0.4 is 5.32 Å². The van der Waals surface area contributed by atoms with E-state index in [2.05, 4.69) is 17.1 Å². The van der Waals surface area contributed by atoms with Crippen molar-refractivity contribution in [3.05, 3.63) is 0 Å². The van der Waals surface area contributed by atoms with Crippen LogP contribution in [0.3, 0.4) is 0 Å². The number of hydrogen-bond donors (Lipinski definition) is 1. The molecule has 1 atom stereocenters. The molecule has 4 heteroatoms. The summed E-state index contributed by atoms with van der Waals surface area (Å²) in [5, 5.41) is 3.45. The van der Waals surface area contributed by atoms with Gasteiger partial charge in [-0.3, -0.25) is 0 Å². The van der Waals surface area contributed by atoms with E-state index < -0.39 is 0 Å². The molecule has 3 nitrogen and oxygen atoms in total. The minimum absolute atomic E-state index is 0. The van der Waals surface area contributed by atoms with Crippen LogP contribution in [-0.4, -0.2) is 50.8 Å². The van der Waals surface area contributed by atoms with Gasteiger partial charge in [-0.15, -0.1) is 12.4 Å². The predicted octanol–water partition coefficient (Wildman–Crippen LogP) is 2.16. The lowest BCUT2D eigenvalue weighted by Crippen LogP contribution is -2.42. The van der Waals surface area contributed by atoms with Gasteiger partial charge in [-0.1, -0.05) is 0 Å². The van der Waals surface area contributed by atoms with E-state index >= 15 is 0 Å². The third-order valence-electron chi connectivity index (χ3n) is 4.14. The first-order valence-corrected chi connectivity index (χ1v) is 7.39. The fourth-order valence-electron chi connectivity index (χ4n) is 3.17. The Balaban J connectivity index is 0.00000162. The smallest absolute Gasteiger partial charge is 0.0506 e. The average Bonchev–Trinajstić information content (AvgIpc) is 2.38. The first-order chi connectivity index (χ1) is 8.38. The zero-order valence-electron chi connectivity index (χ0n) is 11.7. The van der Waals surface area contributed by atoms with E-state index in [4.69, 9.17) is 4.74 Å². The molecular weight excluding hydrogens is 248 g/mol. The molecule has 2 fully saturated rings. The van der Waals surface area contributed by atoms with Gasteiger partial charge < -0.3 is 15.0 Å². The van der Waals surface area contributed by atoms with Crippen molar-refractivity contribution in [3.8, 4) is 0 Å². The van der Waals surface area contributed by atoms with Crippen molar-refractivity contribution in [3.63, 3.8) is 0 Å². The molecule has 0 aromatic carbocycles. The molecule has 2 aliphatic rings. The van der Waals surface area contributed by atoms with Gasteiger partial charge in [0.05, 0.1) is 6.61 Å². The minimum atomic E-state index is 0. The van der Waals surface area contributed by atoms with Crippen molar-refractivity contribution < 1.29 is 4.74 Å². The van der Waals surface area contributed by atoms with E-state index in [0.29, 0.717) is 0 Å². The van der Waals surface area contributed by atoms with Gasteiger partial charge in [-0.2, -0.15) is 0 Å². The maximum Gasteiger partial charge on any atom is 0.0506 e. The summed E-state index contributed by atoms with van der Waals surface area (Å²) in [6, 6.07) is 0. The Bertz CT molecular complexity index is 210. The molecule has 2 aliphatic heterocycles. The molecular formula is C14H29ClN2O. The van der Waals surface area contributed by atoms with Gasteiger partial charge in [0.15, 0.2) is 0 Å². The van der Waals surface area contributed by atoms with Gasteiger partial charge in [0, 0.05) is 19.7 Å². The summed E-state index contributed by atoms with van der Waals surface area (Å²) in [5.74, 6) is 1.72. The van der Waals surface area contributed by atoms with Gasteiger partial charge in [-0.25, -0.2) is 0 Å². The third kappa shape index (κ3) is 5.43. The molecule has 2 saturated heterocycles. The largest absolute Gasteiger partial charge is 0.381 e. The van der Waals surface area contributed by atoms with Crippen LogP contribution in [0.5, 0.6) is 0 Å². The molecule has 2 heterocycles. The molecule has 1 N–H and O–H groups in total. The van der Waals surface area contributed by atoms with Crippen molar-refractivity contribution in [1.29, 1.82) is 0 Å². The van der Waals surface area contributed by atoms with Crippen molar-refractivity contribution in [1.82, 2.24) is 10.2 Å². The van der Waals surface area contributed by atoms with Crippen molar-refractivity contribution >= 4 is 12.4 Å². The van der Waals surface area contributed by atoms with Crippen LogP contribution in [-0.2, 0) is 4.74 Å². The Hall–Kier alpha value is 0.170. The van der Waals surface area contributed by atoms with Gasteiger partial charge in [0.2, 0.25) is 0 Å². The van der Waals surface area contributed by atoms with Gasteiger partial charge in [0.25, 0.3) is 0 Å². The number of piperidine rings is 2. The third-order valence-corrected chi connectivity index (χ3v) is 4.14. The van der Waals surface area contributed by atoms with Crippen LogP contribution >= 0.6 is 12.4 Å². The second kappa shape index (κ2) is 9.13. The Morgan fingerprint density at radius 1 is 1.17 bits per heavy atom. The topological polar surface area (TPSA) is 24.5 Å². The van der Waals surface area contributed by atoms with E-state index in [1.165, 1.54) is 58.4 Å². The molecule has 2 rings (SSSR count). The van der Waals surface area contributed by atoms with E-state index in [1.807, 2.05) is 0 Å². The first kappa shape index (κ1) is 16.2. The molecule has 0 amide bonds. The molecule has 0 saturated carbocycles. The van der Waals surface area contributed by atoms with Crippen LogP contribution in [0.2, 0.25) is 0 Å². The lowest BCUT2D eigenvalue weighted by molar-refractivity contribution is 0.0596. The van der Waals surface area contributed by atoms with Crippen LogP contribution in [0.15, 0.2) is 0 Å². The lowest BCUT2D eigenvalue weighted by atomic mass is 9.94. The zero-order chi connectivity index (χ0) is 11.9. The number of likely N-dealkylation sites (tertiary alicyclic amines) is 1. The molecule has 0 aliphatic carbocycles. The molecule has 0 aromatic heterocycles. The SMILES string of the molecule is CCOCC1CCCN(CC2CCNCC2)C1.Cl. The summed E-state index contributed by atoms with van der Waals surface area (Å²) < 4.78 is 5.57. The Kier molecular flexibility index (Phi) is 8.23. The number of rotatable bonds is 5. The van der Waals surface area contributed by atoms with Crippen LogP contribution in [0.1, 0.15) is 32.6 Å². The van der Waals surface area contributed by atoms with Crippen molar-refractivity contribution in [2.75, 3.05) is 45.9 Å². The van der Waals surface area contributed by atoms with Crippen molar-refractivity contribution in [2.45, 2.75) is 32.6 Å². The normalized spacial score (nSPS) is 26.8. The Morgan fingerprint density at radius 2 is 1.94 bits per heavy atom. The summed E-state index contributed by atoms with van der Waals surface area (Å²) in [4.78, 5) is 2.68. The minimum Gasteiger partial charge on any atom is -0.381 e. The highest BCUT2D eigenvalue weighted by Crippen LogP contribution is 2.20. The van der Waals surface area contributed by atoms with E-state index in [1.54, 1.807) is 0 Å². The Labute approximate surface area is 118 Å². The van der Waals surface area contributed by atoms with Crippen molar-refractivity contribution in [2.24, 2.45) is 11.8 Å². The number of nitrogens with one attached hydrogen (secondary N) is 1. The highest BCUT2D eigenvalue weighted by Gasteiger charge is 2.23. The van der Waals surface area contributed by atoms with E-state index in [9.17, 15) is 0 Å². The summed E-state index contributed by atoms with van der Waals surface area (Å²) in [6.07, 6.45) is 5.46. The lowest BCUT2D eigenvalue weighted by Gasteiger charge is -2.36. The summed E-state index contributed by atoms with van der Waals surface area (Å²) in [5.41, 5.74) is 0. The molecule has 18 heavy (non-hydrogen) atoms. The van der Waals surface area contributed by atoms with Gasteiger partial charge >= 0.3 is 0 Å². The summed E-state index contributed by atoms with van der Waals surface area (Å²) in [6.45, 7) is 10.3. The average molecular weight is 277 g/mol. The highest BCUT2D eigenvalue weighted by molar-refractivity contribution is 5.85. The summed E-state index contributed by atoms with van der Waals surface area (Å²) in [7, 11) is 0. The molecule has 1 unspecified atom stereocenters. The van der Waals surface area contributed by atoms with E-state index in [0.717, 1.165) is 25.0 Å². The highest BCUT2D eigenvalue weighted by atomic mass is 35.5. The molecule has 0 aromatic rings. The molecule has 0 bridgehead atoms. The number of ether oxygens (including phenoxy) is 1. The van der Waals surface area contributed by atoms with Crippen LogP contribution in [0.4, 0.5) is 0 Å². The Morgan fingerprint density at radius 3 is 2.67 bits per heavy atom. The number of halogens is 1. The van der Waals surface area contributed by atoms with Gasteiger partial charge in [0.1, 0.15) is 0 Å². The first-order valence-electron chi connectivity index (χ1n) is 7.39. The monoisotopic (exact) mass is 276 g/mol. The zero-order valence-corrected chi connectivity index (χ0v) is 12.5. The molecule has 0 spiro atoms. The quantitative estimate of drug-likeness (QED) is 0.833. The fourth-order valence-corrected chi connectivity index (χ4v) is 3.17. The van der Waals surface area contributed by atoms with Crippen LogP contribution in [0, 0.1) is 11.8 Å². The standard InChI is InChI=1S/C14H28N2O.ClH/c1-2-17-12-14-4-3-9-16(11-14)10-13-5-7-15-8-6-13;/h13-15H,2-12H2,1H3;1H. The van der Waals surface area contributed by atoms with Gasteiger partial charge in [-0.05, 0) is 64.1 Å². The maximum atomic E-state index is 5.57. The molecule has 108 valence electrons.